The molecule has 0 aliphatic rings. The molecule has 13 aromatic rings. The summed E-state index contributed by atoms with van der Waals surface area (Å²) in [5.74, 6) is 0. The fraction of sp³-hybridized carbons (Fsp3) is 0. The SMILES string of the molecule is c1ccc(-c2sc3cc(-c4ccc(-c5c6ccccc6c(-c6cc7c8ccccc8c8ccccc8c7c7ccccc67)c6ccccc56)cc4)ccc3c2-c2ccccc2)cc1. The van der Waals surface area contributed by atoms with Crippen molar-refractivity contribution in [3.05, 3.63) is 231 Å². The molecule has 0 amide bonds. The molecule has 0 atom stereocenters. The Balaban J connectivity index is 0.994. The molecule has 0 spiro atoms. The minimum absolute atomic E-state index is 1.21. The van der Waals surface area contributed by atoms with Gasteiger partial charge >= 0.3 is 0 Å². The third kappa shape index (κ3) is 5.60. The van der Waals surface area contributed by atoms with E-state index >= 15 is 0 Å². The molecule has 0 N–H and O–H groups in total. The lowest BCUT2D eigenvalue weighted by Crippen LogP contribution is -1.93. The molecular formula is C62H38S. The second-order valence-electron chi connectivity index (χ2n) is 16.7. The van der Waals surface area contributed by atoms with E-state index in [9.17, 15) is 0 Å². The molecule has 1 aromatic heterocycles. The van der Waals surface area contributed by atoms with Crippen LogP contribution in [0.25, 0.3) is 130 Å². The number of benzene rings is 12. The van der Waals surface area contributed by atoms with Crippen molar-refractivity contribution in [1.29, 1.82) is 0 Å². The van der Waals surface area contributed by atoms with Crippen molar-refractivity contribution in [2.75, 3.05) is 0 Å². The predicted octanol–water partition coefficient (Wildman–Crippen LogP) is 18.2. The first-order valence-corrected chi connectivity index (χ1v) is 22.6. The van der Waals surface area contributed by atoms with Crippen LogP contribution in [0.4, 0.5) is 0 Å². The van der Waals surface area contributed by atoms with Crippen LogP contribution in [0.5, 0.6) is 0 Å². The van der Waals surface area contributed by atoms with Crippen LogP contribution in [0.15, 0.2) is 231 Å². The van der Waals surface area contributed by atoms with Gasteiger partial charge in [-0.25, -0.2) is 0 Å². The van der Waals surface area contributed by atoms with Crippen LogP contribution >= 0.6 is 11.3 Å². The lowest BCUT2D eigenvalue weighted by molar-refractivity contribution is 1.63. The van der Waals surface area contributed by atoms with Gasteiger partial charge in [-0.15, -0.1) is 11.3 Å². The van der Waals surface area contributed by atoms with E-state index in [-0.39, 0.29) is 0 Å². The predicted molar refractivity (Wildman–Crippen MR) is 274 cm³/mol. The molecule has 0 aliphatic heterocycles. The van der Waals surface area contributed by atoms with Gasteiger partial charge in [0.1, 0.15) is 0 Å². The van der Waals surface area contributed by atoms with Crippen molar-refractivity contribution in [3.63, 3.8) is 0 Å². The molecule has 63 heavy (non-hydrogen) atoms. The van der Waals surface area contributed by atoms with Gasteiger partial charge in [-0.05, 0) is 121 Å². The molecule has 0 fully saturated rings. The highest BCUT2D eigenvalue weighted by Gasteiger charge is 2.21. The third-order valence-corrected chi connectivity index (χ3v) is 14.4. The van der Waals surface area contributed by atoms with Gasteiger partial charge in [0.25, 0.3) is 0 Å². The molecule has 1 heteroatoms. The summed E-state index contributed by atoms with van der Waals surface area (Å²) in [6, 6.07) is 85.4. The van der Waals surface area contributed by atoms with Crippen LogP contribution in [0.2, 0.25) is 0 Å². The Bertz CT molecular complexity index is 3880. The zero-order valence-corrected chi connectivity index (χ0v) is 35.2. The lowest BCUT2D eigenvalue weighted by Gasteiger charge is -2.21. The second kappa shape index (κ2) is 14.4. The van der Waals surface area contributed by atoms with Gasteiger partial charge < -0.3 is 0 Å². The van der Waals surface area contributed by atoms with Crippen LogP contribution in [-0.4, -0.2) is 0 Å². The van der Waals surface area contributed by atoms with Crippen molar-refractivity contribution < 1.29 is 0 Å². The van der Waals surface area contributed by atoms with E-state index in [1.54, 1.807) is 0 Å². The Morgan fingerprint density at radius 1 is 0.222 bits per heavy atom. The maximum Gasteiger partial charge on any atom is 0.0433 e. The first-order valence-electron chi connectivity index (χ1n) is 21.8. The number of fused-ring (bicyclic) bond motifs is 11. The van der Waals surface area contributed by atoms with E-state index in [2.05, 4.69) is 231 Å². The third-order valence-electron chi connectivity index (χ3n) is 13.2. The van der Waals surface area contributed by atoms with Crippen LogP contribution < -0.4 is 0 Å². The number of hydrogen-bond acceptors (Lipinski definition) is 1. The minimum Gasteiger partial charge on any atom is -0.135 e. The van der Waals surface area contributed by atoms with Gasteiger partial charge in [-0.2, -0.15) is 0 Å². The second-order valence-corrected chi connectivity index (χ2v) is 17.7. The largest absolute Gasteiger partial charge is 0.135 e. The van der Waals surface area contributed by atoms with Crippen molar-refractivity contribution in [1.82, 2.24) is 0 Å². The van der Waals surface area contributed by atoms with Crippen LogP contribution in [0, 0.1) is 0 Å². The van der Waals surface area contributed by atoms with E-state index in [1.807, 2.05) is 11.3 Å². The Morgan fingerprint density at radius 2 is 0.635 bits per heavy atom. The summed E-state index contributed by atoms with van der Waals surface area (Å²) in [5, 5.41) is 16.7. The maximum atomic E-state index is 2.49. The summed E-state index contributed by atoms with van der Waals surface area (Å²) in [4.78, 5) is 1.31. The Hall–Kier alpha value is -7.84. The lowest BCUT2D eigenvalue weighted by atomic mass is 9.82. The average molecular weight is 815 g/mol. The fourth-order valence-corrected chi connectivity index (χ4v) is 11.8. The van der Waals surface area contributed by atoms with E-state index in [1.165, 1.54) is 130 Å². The van der Waals surface area contributed by atoms with Gasteiger partial charge in [-0.1, -0.05) is 218 Å². The molecule has 0 bridgehead atoms. The number of thiophene rings is 1. The molecule has 1 heterocycles. The number of hydrogen-bond donors (Lipinski definition) is 0. The van der Waals surface area contributed by atoms with Crippen molar-refractivity contribution in [2.24, 2.45) is 0 Å². The molecule has 0 unspecified atom stereocenters. The first-order chi connectivity index (χ1) is 31.3. The van der Waals surface area contributed by atoms with Crippen LogP contribution in [0.1, 0.15) is 0 Å². The van der Waals surface area contributed by atoms with Crippen LogP contribution in [-0.2, 0) is 0 Å². The molecule has 0 aliphatic carbocycles. The number of rotatable bonds is 5. The molecule has 0 saturated heterocycles. The quantitative estimate of drug-likeness (QED) is 0.120. The molecular weight excluding hydrogens is 777 g/mol. The summed E-state index contributed by atoms with van der Waals surface area (Å²) in [5.41, 5.74) is 11.3. The fourth-order valence-electron chi connectivity index (χ4n) is 10.5. The average Bonchev–Trinajstić information content (AvgIpc) is 3.75. The topological polar surface area (TPSA) is 0 Å². The van der Waals surface area contributed by atoms with Crippen molar-refractivity contribution >= 4 is 86.1 Å². The highest BCUT2D eigenvalue weighted by Crippen LogP contribution is 2.50. The first kappa shape index (κ1) is 35.9. The molecule has 0 saturated carbocycles. The van der Waals surface area contributed by atoms with Crippen LogP contribution in [0.3, 0.4) is 0 Å². The summed E-state index contributed by atoms with van der Waals surface area (Å²) in [7, 11) is 0. The Kier molecular flexibility index (Phi) is 8.19. The Morgan fingerprint density at radius 3 is 1.24 bits per heavy atom. The molecule has 0 nitrogen and oxygen atoms in total. The van der Waals surface area contributed by atoms with E-state index in [0.29, 0.717) is 0 Å². The van der Waals surface area contributed by atoms with Crippen molar-refractivity contribution in [3.8, 4) is 54.9 Å². The molecule has 292 valence electrons. The van der Waals surface area contributed by atoms with Gasteiger partial charge in [-0.3, -0.25) is 0 Å². The molecule has 13 rings (SSSR count). The maximum absolute atomic E-state index is 2.49. The standard InChI is InChI=1S/C62H38S/c1-3-17-40(18-4-1)59-54-36-35-43(37-57(54)63-62(59)42-19-5-2-6-20-42)39-31-33-41(34-32-39)58-50-27-13-15-29-52(50)61(53-30-16-14-28-51(53)58)56-38-55-46-23-8-7-21-44(46)45-22-9-11-25-48(45)60(55)49-26-12-10-24-47(49)56/h1-38H. The molecule has 12 aromatic carbocycles. The van der Waals surface area contributed by atoms with E-state index in [0.717, 1.165) is 0 Å². The monoisotopic (exact) mass is 814 g/mol. The summed E-state index contributed by atoms with van der Waals surface area (Å²) < 4.78 is 1.30. The highest BCUT2D eigenvalue weighted by atomic mass is 32.1. The summed E-state index contributed by atoms with van der Waals surface area (Å²) in [6.45, 7) is 0. The van der Waals surface area contributed by atoms with E-state index < -0.39 is 0 Å². The Labute approximate surface area is 369 Å². The van der Waals surface area contributed by atoms with Crippen molar-refractivity contribution in [2.45, 2.75) is 0 Å². The smallest absolute Gasteiger partial charge is 0.0433 e. The van der Waals surface area contributed by atoms with E-state index in [4.69, 9.17) is 0 Å². The zero-order chi connectivity index (χ0) is 41.4. The molecule has 0 radical (unpaired) electrons. The zero-order valence-electron chi connectivity index (χ0n) is 34.3. The van der Waals surface area contributed by atoms with Gasteiger partial charge in [0.2, 0.25) is 0 Å². The summed E-state index contributed by atoms with van der Waals surface area (Å²) >= 11 is 1.88. The van der Waals surface area contributed by atoms with Gasteiger partial charge in [0, 0.05) is 20.5 Å². The van der Waals surface area contributed by atoms with Gasteiger partial charge in [0.15, 0.2) is 0 Å². The van der Waals surface area contributed by atoms with Gasteiger partial charge in [0.05, 0.1) is 0 Å². The minimum atomic E-state index is 1.21. The normalized spacial score (nSPS) is 11.8. The highest BCUT2D eigenvalue weighted by molar-refractivity contribution is 7.23. The summed E-state index contributed by atoms with van der Waals surface area (Å²) in [6.07, 6.45) is 0.